The zero-order valence-corrected chi connectivity index (χ0v) is 10.9. The van der Waals surface area contributed by atoms with Crippen molar-refractivity contribution in [1.29, 1.82) is 0 Å². The second-order valence-electron chi connectivity index (χ2n) is 4.98. The number of hydrogen-bond acceptors (Lipinski definition) is 4. The van der Waals surface area contributed by atoms with Gasteiger partial charge < -0.3 is 4.74 Å². The molecule has 0 radical (unpaired) electrons. The summed E-state index contributed by atoms with van der Waals surface area (Å²) in [5, 5.41) is 12.7. The molecule has 2 heterocycles. The number of para-hydroxylation sites is 1. The molecule has 1 atom stereocenters. The lowest BCUT2D eigenvalue weighted by Gasteiger charge is -2.26. The van der Waals surface area contributed by atoms with Crippen LogP contribution in [0.4, 0.5) is 5.69 Å². The summed E-state index contributed by atoms with van der Waals surface area (Å²) in [7, 11) is 0. The van der Waals surface area contributed by atoms with Crippen molar-refractivity contribution in [1.82, 2.24) is 0 Å². The summed E-state index contributed by atoms with van der Waals surface area (Å²) in [6.07, 6.45) is 5.58. The van der Waals surface area contributed by atoms with Crippen LogP contribution in [0.25, 0.3) is 12.2 Å². The van der Waals surface area contributed by atoms with Crippen molar-refractivity contribution in [3.05, 3.63) is 74.8 Å². The SMILES string of the molecule is O=[N+]([O-])c1ccc2c(c1)C=CC1(C=c3ccccc3=N1)O2. The number of nitrogens with zero attached hydrogens (tertiary/aromatic N) is 2. The van der Waals surface area contributed by atoms with E-state index in [1.165, 1.54) is 12.1 Å². The molecule has 5 nitrogen and oxygen atoms in total. The molecule has 0 aliphatic carbocycles. The van der Waals surface area contributed by atoms with Gasteiger partial charge in [0.25, 0.3) is 5.69 Å². The Morgan fingerprint density at radius 1 is 1.19 bits per heavy atom. The number of hydrogen-bond donors (Lipinski definition) is 0. The van der Waals surface area contributed by atoms with Gasteiger partial charge in [0.15, 0.2) is 0 Å². The monoisotopic (exact) mass is 278 g/mol. The van der Waals surface area contributed by atoms with Gasteiger partial charge in [-0.05, 0) is 30.4 Å². The summed E-state index contributed by atoms with van der Waals surface area (Å²) in [6, 6.07) is 12.4. The van der Waals surface area contributed by atoms with Crippen LogP contribution >= 0.6 is 0 Å². The molecule has 2 aliphatic rings. The second kappa shape index (κ2) is 4.02. The van der Waals surface area contributed by atoms with Gasteiger partial charge in [-0.25, -0.2) is 4.99 Å². The lowest BCUT2D eigenvalue weighted by Crippen LogP contribution is -2.29. The first-order valence-electron chi connectivity index (χ1n) is 6.50. The minimum absolute atomic E-state index is 0.0496. The van der Waals surface area contributed by atoms with E-state index in [1.807, 2.05) is 42.5 Å². The highest BCUT2D eigenvalue weighted by Crippen LogP contribution is 2.35. The molecule has 0 N–H and O–H groups in total. The van der Waals surface area contributed by atoms with Crippen LogP contribution in [0.5, 0.6) is 5.75 Å². The molecular weight excluding hydrogens is 268 g/mol. The zero-order chi connectivity index (χ0) is 14.4. The molecule has 0 saturated heterocycles. The average Bonchev–Trinajstić information content (AvgIpc) is 2.84. The quantitative estimate of drug-likeness (QED) is 0.590. The first kappa shape index (κ1) is 11.8. The molecule has 1 unspecified atom stereocenters. The molecule has 0 bridgehead atoms. The minimum atomic E-state index is -0.840. The Morgan fingerprint density at radius 3 is 2.86 bits per heavy atom. The summed E-state index contributed by atoms with van der Waals surface area (Å²) >= 11 is 0. The van der Waals surface area contributed by atoms with E-state index in [0.717, 1.165) is 10.6 Å². The van der Waals surface area contributed by atoms with Crippen molar-refractivity contribution in [2.75, 3.05) is 0 Å². The third-order valence-electron chi connectivity index (χ3n) is 3.57. The number of rotatable bonds is 1. The van der Waals surface area contributed by atoms with Gasteiger partial charge >= 0.3 is 0 Å². The van der Waals surface area contributed by atoms with E-state index in [0.29, 0.717) is 11.3 Å². The van der Waals surface area contributed by atoms with Crippen molar-refractivity contribution in [2.24, 2.45) is 4.99 Å². The van der Waals surface area contributed by atoms with Gasteiger partial charge in [0.1, 0.15) is 5.75 Å². The third kappa shape index (κ3) is 1.82. The summed E-state index contributed by atoms with van der Waals surface area (Å²) in [5.74, 6) is 0.593. The van der Waals surface area contributed by atoms with E-state index in [-0.39, 0.29) is 5.69 Å². The van der Waals surface area contributed by atoms with Crippen LogP contribution in [0.15, 0.2) is 53.5 Å². The van der Waals surface area contributed by atoms with Crippen LogP contribution in [0, 0.1) is 10.1 Å². The number of nitro benzene ring substituents is 1. The van der Waals surface area contributed by atoms with E-state index in [4.69, 9.17) is 4.74 Å². The largest absolute Gasteiger partial charge is 0.458 e. The fourth-order valence-corrected chi connectivity index (χ4v) is 2.58. The fourth-order valence-electron chi connectivity index (χ4n) is 2.58. The predicted molar refractivity (Wildman–Crippen MR) is 77.2 cm³/mol. The van der Waals surface area contributed by atoms with E-state index in [1.54, 1.807) is 6.07 Å². The molecule has 102 valence electrons. The van der Waals surface area contributed by atoms with Crippen molar-refractivity contribution in [3.8, 4) is 5.75 Å². The van der Waals surface area contributed by atoms with Crippen LogP contribution < -0.4 is 15.3 Å². The molecule has 21 heavy (non-hydrogen) atoms. The highest BCUT2D eigenvalue weighted by molar-refractivity contribution is 5.67. The van der Waals surface area contributed by atoms with Crippen LogP contribution in [0.2, 0.25) is 0 Å². The number of nitro groups is 1. The maximum absolute atomic E-state index is 10.8. The Bertz CT molecular complexity index is 880. The smallest absolute Gasteiger partial charge is 0.270 e. The van der Waals surface area contributed by atoms with Gasteiger partial charge in [0.05, 0.1) is 10.3 Å². The van der Waals surface area contributed by atoms with Gasteiger partial charge in [-0.15, -0.1) is 0 Å². The molecule has 4 rings (SSSR count). The first-order valence-corrected chi connectivity index (χ1v) is 6.50. The molecule has 0 fully saturated rings. The van der Waals surface area contributed by atoms with E-state index in [9.17, 15) is 10.1 Å². The van der Waals surface area contributed by atoms with Gasteiger partial charge in [-0.1, -0.05) is 18.2 Å². The Morgan fingerprint density at radius 2 is 2.05 bits per heavy atom. The number of non-ortho nitro benzene ring substituents is 1. The van der Waals surface area contributed by atoms with Crippen molar-refractivity contribution in [2.45, 2.75) is 5.72 Å². The summed E-state index contributed by atoms with van der Waals surface area (Å²) in [4.78, 5) is 15.0. The lowest BCUT2D eigenvalue weighted by atomic mass is 10.1. The number of fused-ring (bicyclic) bond motifs is 2. The van der Waals surface area contributed by atoms with Crippen molar-refractivity contribution < 1.29 is 9.66 Å². The highest BCUT2D eigenvalue weighted by atomic mass is 16.6. The van der Waals surface area contributed by atoms with Crippen LogP contribution in [0.1, 0.15) is 5.56 Å². The van der Waals surface area contributed by atoms with Crippen LogP contribution in [0.3, 0.4) is 0 Å². The molecule has 2 aromatic rings. The molecule has 0 saturated carbocycles. The maximum Gasteiger partial charge on any atom is 0.270 e. The second-order valence-corrected chi connectivity index (χ2v) is 4.98. The van der Waals surface area contributed by atoms with E-state index in [2.05, 4.69) is 4.99 Å². The summed E-state index contributed by atoms with van der Waals surface area (Å²) in [6.45, 7) is 0. The van der Waals surface area contributed by atoms with E-state index >= 15 is 0 Å². The average molecular weight is 278 g/mol. The number of ether oxygens (including phenoxy) is 1. The Labute approximate surface area is 119 Å². The predicted octanol–water partition coefficient (Wildman–Crippen LogP) is 1.81. The fraction of sp³-hybridized carbons (Fsp3) is 0.0625. The van der Waals surface area contributed by atoms with Crippen molar-refractivity contribution >= 4 is 17.8 Å². The molecule has 0 aromatic heterocycles. The molecular formula is C16H10N2O3. The Kier molecular flexibility index (Phi) is 2.27. The van der Waals surface area contributed by atoms with E-state index < -0.39 is 10.6 Å². The topological polar surface area (TPSA) is 64.7 Å². The molecule has 0 amide bonds. The number of benzene rings is 2. The van der Waals surface area contributed by atoms with Gasteiger partial charge in [-0.2, -0.15) is 0 Å². The zero-order valence-electron chi connectivity index (χ0n) is 10.9. The Balaban J connectivity index is 1.80. The third-order valence-corrected chi connectivity index (χ3v) is 3.57. The lowest BCUT2D eigenvalue weighted by molar-refractivity contribution is -0.384. The summed E-state index contributed by atoms with van der Waals surface area (Å²) < 4.78 is 5.97. The highest BCUT2D eigenvalue weighted by Gasteiger charge is 2.32. The Hall–Kier alpha value is -2.95. The molecule has 5 heteroatoms. The summed E-state index contributed by atoms with van der Waals surface area (Å²) in [5.41, 5.74) is -0.102. The van der Waals surface area contributed by atoms with Crippen LogP contribution in [-0.2, 0) is 0 Å². The van der Waals surface area contributed by atoms with Gasteiger partial charge in [0.2, 0.25) is 5.72 Å². The van der Waals surface area contributed by atoms with Crippen molar-refractivity contribution in [3.63, 3.8) is 0 Å². The normalized spacial score (nSPS) is 21.0. The molecule has 2 aliphatic heterocycles. The molecule has 1 spiro atoms. The standard InChI is InChI=1S/C16H10N2O3/c19-18(20)13-5-6-15-11(9-13)7-8-16(21-15)10-12-3-1-2-4-14(12)17-16/h1-10H. The van der Waals surface area contributed by atoms with Crippen LogP contribution in [-0.4, -0.2) is 10.6 Å². The molecule has 2 aromatic carbocycles. The van der Waals surface area contributed by atoms with Gasteiger partial charge in [-0.3, -0.25) is 10.1 Å². The maximum atomic E-state index is 10.8. The van der Waals surface area contributed by atoms with Gasteiger partial charge in [0, 0.05) is 22.9 Å². The first-order chi connectivity index (χ1) is 10.2. The minimum Gasteiger partial charge on any atom is -0.458 e.